The molecule has 3 N–H and O–H groups in total. The zero-order chi connectivity index (χ0) is 24.5. The Morgan fingerprint density at radius 1 is 0.943 bits per heavy atom. The summed E-state index contributed by atoms with van der Waals surface area (Å²) in [6.45, 7) is 0.235. The highest BCUT2D eigenvalue weighted by atomic mass is 35.5. The van der Waals surface area contributed by atoms with E-state index in [4.69, 9.17) is 21.4 Å². The molecule has 0 atom stereocenters. The van der Waals surface area contributed by atoms with Crippen molar-refractivity contribution in [2.75, 3.05) is 11.9 Å². The number of carbonyl (C=O) groups is 3. The normalized spacial score (nSPS) is 18.1. The Hall–Kier alpha value is -3.84. The predicted molar refractivity (Wildman–Crippen MR) is 132 cm³/mol. The van der Waals surface area contributed by atoms with E-state index in [0.717, 1.165) is 11.1 Å². The number of carboxylic acid groups (broad SMARTS) is 1. The number of rotatable bonds is 6. The molecule has 0 heterocycles. The Morgan fingerprint density at radius 2 is 1.57 bits per heavy atom. The number of halogens is 1. The van der Waals surface area contributed by atoms with Gasteiger partial charge in [-0.25, -0.2) is 9.59 Å². The maximum atomic E-state index is 12.5. The quantitative estimate of drug-likeness (QED) is 0.435. The topological polar surface area (TPSA) is 105 Å². The lowest BCUT2D eigenvalue weighted by atomic mass is 9.79. The minimum Gasteiger partial charge on any atom is -0.478 e. The second-order valence-corrected chi connectivity index (χ2v) is 9.23. The summed E-state index contributed by atoms with van der Waals surface area (Å²) in [5.41, 5.74) is 4.92. The van der Waals surface area contributed by atoms with Crippen LogP contribution in [0.3, 0.4) is 0 Å². The summed E-state index contributed by atoms with van der Waals surface area (Å²) in [5, 5.41) is 14.8. The van der Waals surface area contributed by atoms with Crippen LogP contribution in [0.1, 0.15) is 40.2 Å². The summed E-state index contributed by atoms with van der Waals surface area (Å²) in [5.74, 6) is -1.68. The summed E-state index contributed by atoms with van der Waals surface area (Å²) in [6.07, 6.45) is 0.463. The van der Waals surface area contributed by atoms with E-state index in [-0.39, 0.29) is 41.0 Å². The lowest BCUT2D eigenvalue weighted by molar-refractivity contribution is -0.122. The fourth-order valence-corrected chi connectivity index (χ4v) is 4.97. The minimum atomic E-state index is -1.16. The number of anilines is 1. The molecule has 1 fully saturated rings. The lowest BCUT2D eigenvalue weighted by Gasteiger charge is -2.34. The van der Waals surface area contributed by atoms with Gasteiger partial charge in [0.2, 0.25) is 5.91 Å². The maximum Gasteiger partial charge on any atom is 0.407 e. The molecule has 0 aromatic heterocycles. The van der Waals surface area contributed by atoms with E-state index in [1.54, 1.807) is 6.07 Å². The van der Waals surface area contributed by atoms with Crippen molar-refractivity contribution in [3.8, 4) is 11.1 Å². The van der Waals surface area contributed by atoms with E-state index in [9.17, 15) is 14.4 Å². The van der Waals surface area contributed by atoms with Crippen molar-refractivity contribution in [1.29, 1.82) is 0 Å². The van der Waals surface area contributed by atoms with Gasteiger partial charge in [-0.15, -0.1) is 0 Å². The number of fused-ring (bicyclic) bond motifs is 3. The summed E-state index contributed by atoms with van der Waals surface area (Å²) in [7, 11) is 0. The van der Waals surface area contributed by atoms with Crippen LogP contribution in [0.2, 0.25) is 5.02 Å². The average Bonchev–Trinajstić information content (AvgIpc) is 3.14. The standard InChI is InChI=1S/C27H23ClN2O5/c28-24-10-9-16(13-22(24)26(32)33)29-25(31)15-11-17(12-15)30-27(34)35-14-23-20-7-3-1-5-18(20)19-6-2-4-8-21(19)23/h1-10,13,15,17,23H,11-12,14H2,(H,29,31)(H,30,34)(H,32,33). The number of benzene rings is 3. The van der Waals surface area contributed by atoms with Crippen LogP contribution in [-0.2, 0) is 9.53 Å². The molecule has 7 nitrogen and oxygen atoms in total. The largest absolute Gasteiger partial charge is 0.478 e. The van der Waals surface area contributed by atoms with Gasteiger partial charge in [0.25, 0.3) is 0 Å². The molecule has 0 spiro atoms. The monoisotopic (exact) mass is 490 g/mol. The van der Waals surface area contributed by atoms with Crippen molar-refractivity contribution in [3.05, 3.63) is 88.4 Å². The molecule has 3 aromatic rings. The average molecular weight is 491 g/mol. The number of carboxylic acids is 1. The van der Waals surface area contributed by atoms with Gasteiger partial charge >= 0.3 is 12.1 Å². The molecule has 0 unspecified atom stereocenters. The van der Waals surface area contributed by atoms with Crippen LogP contribution in [-0.4, -0.2) is 35.7 Å². The Kier molecular flexibility index (Phi) is 6.17. The Labute approximate surface area is 207 Å². The van der Waals surface area contributed by atoms with Crippen LogP contribution >= 0.6 is 11.6 Å². The van der Waals surface area contributed by atoms with Gasteiger partial charge in [-0.2, -0.15) is 0 Å². The van der Waals surface area contributed by atoms with E-state index < -0.39 is 12.1 Å². The first-order chi connectivity index (χ1) is 16.9. The Morgan fingerprint density at radius 3 is 2.20 bits per heavy atom. The van der Waals surface area contributed by atoms with Crippen LogP contribution in [0.15, 0.2) is 66.7 Å². The SMILES string of the molecule is O=C(NC1CC(C(=O)Nc2ccc(Cl)c(C(=O)O)c2)C1)OCC1c2ccccc2-c2ccccc21. The van der Waals surface area contributed by atoms with Crippen molar-refractivity contribution in [1.82, 2.24) is 5.32 Å². The van der Waals surface area contributed by atoms with Crippen molar-refractivity contribution < 1.29 is 24.2 Å². The molecule has 2 aliphatic rings. The number of hydrogen-bond donors (Lipinski definition) is 3. The fraction of sp³-hybridized carbons (Fsp3) is 0.222. The van der Waals surface area contributed by atoms with Crippen LogP contribution in [0.25, 0.3) is 11.1 Å². The molecule has 35 heavy (non-hydrogen) atoms. The molecule has 0 saturated heterocycles. The zero-order valence-electron chi connectivity index (χ0n) is 18.7. The van der Waals surface area contributed by atoms with Gasteiger partial charge in [0, 0.05) is 23.6 Å². The van der Waals surface area contributed by atoms with E-state index in [1.165, 1.54) is 23.3 Å². The highest BCUT2D eigenvalue weighted by molar-refractivity contribution is 6.33. The lowest BCUT2D eigenvalue weighted by Crippen LogP contribution is -2.48. The molecule has 178 valence electrons. The third-order valence-corrected chi connectivity index (χ3v) is 6.97. The van der Waals surface area contributed by atoms with Crippen molar-refractivity contribution in [2.24, 2.45) is 5.92 Å². The highest BCUT2D eigenvalue weighted by Crippen LogP contribution is 2.44. The minimum absolute atomic E-state index is 0.0110. The van der Waals surface area contributed by atoms with Crippen molar-refractivity contribution in [2.45, 2.75) is 24.8 Å². The molecule has 8 heteroatoms. The molecule has 1 saturated carbocycles. The number of nitrogens with one attached hydrogen (secondary N) is 2. The van der Waals surface area contributed by atoms with Crippen molar-refractivity contribution in [3.63, 3.8) is 0 Å². The Balaban J connectivity index is 1.11. The maximum absolute atomic E-state index is 12.5. The van der Waals surface area contributed by atoms with Crippen LogP contribution in [0.4, 0.5) is 10.5 Å². The highest BCUT2D eigenvalue weighted by Gasteiger charge is 2.36. The molecular weight excluding hydrogens is 468 g/mol. The molecular formula is C27H23ClN2O5. The first kappa shape index (κ1) is 22.9. The van der Waals surface area contributed by atoms with Gasteiger partial charge in [-0.05, 0) is 53.3 Å². The number of carbonyl (C=O) groups excluding carboxylic acids is 2. The number of amides is 2. The third-order valence-electron chi connectivity index (χ3n) is 6.64. The molecule has 0 aliphatic heterocycles. The second-order valence-electron chi connectivity index (χ2n) is 8.82. The van der Waals surface area contributed by atoms with E-state index in [0.29, 0.717) is 18.5 Å². The van der Waals surface area contributed by atoms with Gasteiger partial charge in [0.05, 0.1) is 10.6 Å². The first-order valence-corrected chi connectivity index (χ1v) is 11.7. The van der Waals surface area contributed by atoms with Gasteiger partial charge in [-0.1, -0.05) is 60.1 Å². The van der Waals surface area contributed by atoms with E-state index >= 15 is 0 Å². The molecule has 0 bridgehead atoms. The number of ether oxygens (including phenoxy) is 1. The number of alkyl carbamates (subject to hydrolysis) is 1. The summed E-state index contributed by atoms with van der Waals surface area (Å²) < 4.78 is 5.57. The number of aromatic carboxylic acids is 1. The van der Waals surface area contributed by atoms with Crippen LogP contribution < -0.4 is 10.6 Å². The fourth-order valence-electron chi connectivity index (χ4n) is 4.77. The molecule has 2 aliphatic carbocycles. The molecule has 0 radical (unpaired) electrons. The van der Waals surface area contributed by atoms with Crippen molar-refractivity contribution >= 4 is 35.3 Å². The van der Waals surface area contributed by atoms with Gasteiger partial charge < -0.3 is 20.5 Å². The molecule has 2 amide bonds. The summed E-state index contributed by atoms with van der Waals surface area (Å²) in [4.78, 5) is 36.1. The summed E-state index contributed by atoms with van der Waals surface area (Å²) in [6, 6.07) is 20.5. The van der Waals surface area contributed by atoms with Gasteiger partial charge in [0.1, 0.15) is 6.61 Å². The van der Waals surface area contributed by atoms with Crippen LogP contribution in [0, 0.1) is 5.92 Å². The smallest absolute Gasteiger partial charge is 0.407 e. The molecule has 5 rings (SSSR count). The zero-order valence-corrected chi connectivity index (χ0v) is 19.4. The van der Waals surface area contributed by atoms with E-state index in [2.05, 4.69) is 34.9 Å². The molecule has 3 aromatic carbocycles. The number of hydrogen-bond acceptors (Lipinski definition) is 4. The van der Waals surface area contributed by atoms with Crippen LogP contribution in [0.5, 0.6) is 0 Å². The second kappa shape index (κ2) is 9.43. The van der Waals surface area contributed by atoms with E-state index in [1.807, 2.05) is 24.3 Å². The Bertz CT molecular complexity index is 1270. The summed E-state index contributed by atoms with van der Waals surface area (Å²) >= 11 is 5.87. The first-order valence-electron chi connectivity index (χ1n) is 11.4. The van der Waals surface area contributed by atoms with Gasteiger partial charge in [-0.3, -0.25) is 4.79 Å². The third kappa shape index (κ3) is 4.59. The van der Waals surface area contributed by atoms with Gasteiger partial charge in [0.15, 0.2) is 0 Å². The predicted octanol–water partition coefficient (Wildman–Crippen LogP) is 5.29.